The molecule has 0 fully saturated rings. The van der Waals surface area contributed by atoms with Gasteiger partial charge in [-0.1, -0.05) is 30.3 Å². The van der Waals surface area contributed by atoms with Crippen molar-refractivity contribution in [3.63, 3.8) is 0 Å². The molecule has 0 bridgehead atoms. The maximum absolute atomic E-state index is 12.8. The Morgan fingerprint density at radius 3 is 2.46 bits per heavy atom. The Balaban J connectivity index is 1.72. The van der Waals surface area contributed by atoms with Crippen LogP contribution in [0.25, 0.3) is 6.08 Å². The molecule has 1 amide bonds. The van der Waals surface area contributed by atoms with Crippen molar-refractivity contribution in [2.75, 3.05) is 5.43 Å². The molecule has 4 nitrogen and oxygen atoms in total. The number of para-hydroxylation sites is 1. The summed E-state index contributed by atoms with van der Waals surface area (Å²) < 4.78 is 0. The summed E-state index contributed by atoms with van der Waals surface area (Å²) in [7, 11) is 0. The Labute approximate surface area is 147 Å². The molecular weight excluding hydrogens is 338 g/mol. The Morgan fingerprint density at radius 2 is 1.75 bits per heavy atom. The van der Waals surface area contributed by atoms with E-state index in [1.807, 2.05) is 71.4 Å². The summed E-state index contributed by atoms with van der Waals surface area (Å²) in [6.07, 6.45) is 1.83. The first kappa shape index (κ1) is 14.9. The zero-order valence-electron chi connectivity index (χ0n) is 12.5. The summed E-state index contributed by atoms with van der Waals surface area (Å²) in [4.78, 5) is 19.4. The topological polar surface area (TPSA) is 44.7 Å². The number of amides is 1. The second-order valence-electron chi connectivity index (χ2n) is 5.08. The van der Waals surface area contributed by atoms with Crippen molar-refractivity contribution < 1.29 is 4.79 Å². The molecule has 0 saturated carbocycles. The smallest absolute Gasteiger partial charge is 0.290 e. The molecule has 0 unspecified atom stereocenters. The molecule has 1 N–H and O–H groups in total. The van der Waals surface area contributed by atoms with Crippen molar-refractivity contribution in [3.05, 3.63) is 80.8 Å². The molecule has 0 saturated heterocycles. The van der Waals surface area contributed by atoms with Crippen molar-refractivity contribution in [3.8, 4) is 0 Å². The number of hydrogen-bond donors (Lipinski definition) is 1. The summed E-state index contributed by atoms with van der Waals surface area (Å²) in [5.41, 5.74) is 4.44. The number of hydrazine groups is 1. The lowest BCUT2D eigenvalue weighted by molar-refractivity contribution is -0.121. The van der Waals surface area contributed by atoms with Gasteiger partial charge in [-0.05, 0) is 41.1 Å². The molecule has 1 aliphatic rings. The molecule has 1 aromatic carbocycles. The van der Waals surface area contributed by atoms with Crippen LogP contribution in [0.4, 0.5) is 5.69 Å². The minimum absolute atomic E-state index is 0.157. The van der Waals surface area contributed by atoms with Gasteiger partial charge in [0.25, 0.3) is 5.91 Å². The van der Waals surface area contributed by atoms with E-state index in [2.05, 4.69) is 10.4 Å². The molecule has 118 valence electrons. The lowest BCUT2D eigenvalue weighted by Gasteiger charge is -2.19. The third-order valence-electron chi connectivity index (χ3n) is 3.44. The fourth-order valence-corrected chi connectivity index (χ4v) is 3.70. The third-order valence-corrected chi connectivity index (χ3v) is 5.12. The van der Waals surface area contributed by atoms with Gasteiger partial charge < -0.3 is 0 Å². The number of rotatable bonds is 4. The molecule has 0 radical (unpaired) electrons. The standard InChI is InChI=1S/C18H13N3OS2/c22-18-15(12-14-8-4-10-23-14)19-17(16-9-5-11-24-16)21(18)20-13-6-2-1-3-7-13/h1-12,20H/b15-12-. The van der Waals surface area contributed by atoms with Crippen LogP contribution in [0.1, 0.15) is 9.75 Å². The van der Waals surface area contributed by atoms with Gasteiger partial charge in [-0.25, -0.2) is 4.99 Å². The van der Waals surface area contributed by atoms with Gasteiger partial charge in [-0.2, -0.15) is 5.01 Å². The Kier molecular flexibility index (Phi) is 3.98. The van der Waals surface area contributed by atoms with Gasteiger partial charge in [0.1, 0.15) is 5.70 Å². The second kappa shape index (κ2) is 6.43. The molecule has 4 rings (SSSR count). The molecule has 3 aromatic rings. The van der Waals surface area contributed by atoms with E-state index < -0.39 is 0 Å². The minimum Gasteiger partial charge on any atom is -0.290 e. The van der Waals surface area contributed by atoms with Crippen LogP contribution in [0.3, 0.4) is 0 Å². The molecule has 0 atom stereocenters. The van der Waals surface area contributed by atoms with Crippen LogP contribution in [0, 0.1) is 0 Å². The van der Waals surface area contributed by atoms with Crippen molar-refractivity contribution in [2.45, 2.75) is 0 Å². The van der Waals surface area contributed by atoms with Crippen LogP contribution in [-0.4, -0.2) is 16.8 Å². The lowest BCUT2D eigenvalue weighted by Crippen LogP contribution is -2.37. The van der Waals surface area contributed by atoms with Crippen molar-refractivity contribution in [1.29, 1.82) is 0 Å². The van der Waals surface area contributed by atoms with Crippen molar-refractivity contribution >= 4 is 46.2 Å². The Hall–Kier alpha value is -2.70. The van der Waals surface area contributed by atoms with Crippen LogP contribution >= 0.6 is 22.7 Å². The van der Waals surface area contributed by atoms with Gasteiger partial charge in [0.15, 0.2) is 5.84 Å². The van der Waals surface area contributed by atoms with E-state index in [1.165, 1.54) is 5.01 Å². The molecule has 24 heavy (non-hydrogen) atoms. The summed E-state index contributed by atoms with van der Waals surface area (Å²) in [6, 6.07) is 17.5. The number of anilines is 1. The van der Waals surface area contributed by atoms with E-state index in [9.17, 15) is 4.79 Å². The molecule has 3 heterocycles. The first-order valence-corrected chi connectivity index (χ1v) is 9.11. The Bertz CT molecular complexity index is 897. The van der Waals surface area contributed by atoms with E-state index in [-0.39, 0.29) is 5.91 Å². The van der Waals surface area contributed by atoms with Gasteiger partial charge in [-0.3, -0.25) is 10.2 Å². The number of amidine groups is 1. The van der Waals surface area contributed by atoms with Gasteiger partial charge >= 0.3 is 0 Å². The monoisotopic (exact) mass is 351 g/mol. The van der Waals surface area contributed by atoms with Crippen LogP contribution < -0.4 is 5.43 Å². The first-order valence-electron chi connectivity index (χ1n) is 7.35. The zero-order valence-corrected chi connectivity index (χ0v) is 14.2. The second-order valence-corrected chi connectivity index (χ2v) is 7.00. The number of aliphatic imine (C=N–C) groups is 1. The van der Waals surface area contributed by atoms with E-state index in [1.54, 1.807) is 22.7 Å². The minimum atomic E-state index is -0.157. The van der Waals surface area contributed by atoms with Crippen LogP contribution in [-0.2, 0) is 4.79 Å². The van der Waals surface area contributed by atoms with Gasteiger partial charge in [0.05, 0.1) is 10.6 Å². The van der Waals surface area contributed by atoms with Crippen molar-refractivity contribution in [1.82, 2.24) is 5.01 Å². The number of nitrogens with one attached hydrogen (secondary N) is 1. The molecular formula is C18H13N3OS2. The molecule has 0 aliphatic carbocycles. The number of nitrogens with zero attached hydrogens (tertiary/aromatic N) is 2. The molecule has 1 aliphatic heterocycles. The fourth-order valence-electron chi connectivity index (χ4n) is 2.34. The largest absolute Gasteiger partial charge is 0.297 e. The van der Waals surface area contributed by atoms with Crippen LogP contribution in [0.15, 0.2) is 76.0 Å². The summed E-state index contributed by atoms with van der Waals surface area (Å²) >= 11 is 3.14. The van der Waals surface area contributed by atoms with E-state index in [0.717, 1.165) is 15.4 Å². The maximum Gasteiger partial charge on any atom is 0.297 e. The number of carbonyl (C=O) groups excluding carboxylic acids is 1. The summed E-state index contributed by atoms with van der Waals surface area (Å²) in [6.45, 7) is 0. The first-order chi connectivity index (χ1) is 11.8. The number of carbonyl (C=O) groups is 1. The highest BCUT2D eigenvalue weighted by Gasteiger charge is 2.32. The third kappa shape index (κ3) is 2.89. The average molecular weight is 351 g/mol. The SMILES string of the molecule is O=C1/C(=C/c2cccs2)N=C(c2cccs2)N1Nc1ccccc1. The highest BCUT2D eigenvalue weighted by molar-refractivity contribution is 7.12. The van der Waals surface area contributed by atoms with Crippen molar-refractivity contribution in [2.24, 2.45) is 4.99 Å². The van der Waals surface area contributed by atoms with Gasteiger partial charge in [0, 0.05) is 4.88 Å². The molecule has 0 spiro atoms. The van der Waals surface area contributed by atoms with Crippen LogP contribution in [0.5, 0.6) is 0 Å². The van der Waals surface area contributed by atoms with Gasteiger partial charge in [-0.15, -0.1) is 22.7 Å². The predicted molar refractivity (Wildman–Crippen MR) is 100 cm³/mol. The van der Waals surface area contributed by atoms with E-state index in [4.69, 9.17) is 0 Å². The fraction of sp³-hybridized carbons (Fsp3) is 0. The molecule has 6 heteroatoms. The maximum atomic E-state index is 12.8. The number of thiophene rings is 2. The quantitative estimate of drug-likeness (QED) is 0.705. The highest BCUT2D eigenvalue weighted by atomic mass is 32.1. The zero-order chi connectivity index (χ0) is 16.4. The summed E-state index contributed by atoms with van der Waals surface area (Å²) in [5.74, 6) is 0.470. The Morgan fingerprint density at radius 1 is 0.958 bits per heavy atom. The highest BCUT2D eigenvalue weighted by Crippen LogP contribution is 2.26. The normalized spacial score (nSPS) is 15.8. The predicted octanol–water partition coefficient (Wildman–Crippen LogP) is 4.47. The molecule has 2 aromatic heterocycles. The number of benzene rings is 1. The lowest BCUT2D eigenvalue weighted by atomic mass is 10.3. The van der Waals surface area contributed by atoms with Crippen LogP contribution in [0.2, 0.25) is 0 Å². The number of hydrogen-bond acceptors (Lipinski definition) is 5. The van der Waals surface area contributed by atoms with Gasteiger partial charge in [0.2, 0.25) is 0 Å². The van der Waals surface area contributed by atoms with E-state index in [0.29, 0.717) is 11.5 Å². The van der Waals surface area contributed by atoms with E-state index >= 15 is 0 Å². The summed E-state index contributed by atoms with van der Waals surface area (Å²) in [5, 5.41) is 5.47. The average Bonchev–Trinajstić information content (AvgIpc) is 3.34.